The van der Waals surface area contributed by atoms with Crippen molar-refractivity contribution < 1.29 is 9.90 Å². The van der Waals surface area contributed by atoms with Gasteiger partial charge in [-0.2, -0.15) is 5.10 Å². The van der Waals surface area contributed by atoms with Gasteiger partial charge in [0.2, 0.25) is 0 Å². The third-order valence-electron chi connectivity index (χ3n) is 4.85. The molecule has 1 amide bonds. The summed E-state index contributed by atoms with van der Waals surface area (Å²) in [7, 11) is 0. The molecule has 1 fully saturated rings. The van der Waals surface area contributed by atoms with E-state index in [2.05, 4.69) is 10.2 Å². The summed E-state index contributed by atoms with van der Waals surface area (Å²) in [6, 6.07) is 9.94. The molecule has 0 aliphatic carbocycles. The fourth-order valence-corrected chi connectivity index (χ4v) is 3.52. The Hall–Kier alpha value is -2.14. The molecule has 25 heavy (non-hydrogen) atoms. The summed E-state index contributed by atoms with van der Waals surface area (Å²) in [5.74, 6) is 0.488. The van der Waals surface area contributed by atoms with E-state index in [4.69, 9.17) is 0 Å². The highest BCUT2D eigenvalue weighted by molar-refractivity contribution is 5.93. The number of carbonyl (C=O) groups excluding carboxylic acids is 1. The fourth-order valence-electron chi connectivity index (χ4n) is 3.52. The number of hydrogen-bond acceptors (Lipinski definition) is 3. The van der Waals surface area contributed by atoms with E-state index in [-0.39, 0.29) is 5.91 Å². The number of H-pyrrole nitrogens is 1. The standard InChI is InChI=1S/C20H27N3O2/c1-14-4-6-16(7-5-14)17-12-18(22-21-17)19(24)23-10-8-15(9-11-23)13-20(2,3)25/h4-7,12,15,25H,8-11,13H2,1-3H3,(H,21,22). The third-order valence-corrected chi connectivity index (χ3v) is 4.85. The zero-order valence-corrected chi connectivity index (χ0v) is 15.2. The second-order valence-corrected chi connectivity index (χ2v) is 7.79. The van der Waals surface area contributed by atoms with Gasteiger partial charge in [0.15, 0.2) is 0 Å². The minimum Gasteiger partial charge on any atom is -0.390 e. The Labute approximate surface area is 149 Å². The first-order valence-corrected chi connectivity index (χ1v) is 8.96. The largest absolute Gasteiger partial charge is 0.390 e. The molecule has 134 valence electrons. The van der Waals surface area contributed by atoms with Gasteiger partial charge in [0.1, 0.15) is 5.69 Å². The van der Waals surface area contributed by atoms with Crippen LogP contribution in [0.15, 0.2) is 30.3 Å². The van der Waals surface area contributed by atoms with Gasteiger partial charge in [0.25, 0.3) is 5.91 Å². The van der Waals surface area contributed by atoms with Crippen LogP contribution in [-0.2, 0) is 0 Å². The van der Waals surface area contributed by atoms with Crippen molar-refractivity contribution in [2.45, 2.75) is 45.6 Å². The molecule has 0 unspecified atom stereocenters. The van der Waals surface area contributed by atoms with Crippen LogP contribution in [0.3, 0.4) is 0 Å². The SMILES string of the molecule is Cc1ccc(-c2cc(C(=O)N3CCC(CC(C)(C)O)CC3)[nH]n2)cc1. The average molecular weight is 341 g/mol. The lowest BCUT2D eigenvalue weighted by molar-refractivity contribution is 0.0357. The van der Waals surface area contributed by atoms with Gasteiger partial charge in [-0.25, -0.2) is 0 Å². The molecule has 2 N–H and O–H groups in total. The summed E-state index contributed by atoms with van der Waals surface area (Å²) >= 11 is 0. The number of benzene rings is 1. The van der Waals surface area contributed by atoms with Crippen molar-refractivity contribution in [3.8, 4) is 11.3 Å². The number of carbonyl (C=O) groups is 1. The molecule has 0 saturated carbocycles. The van der Waals surface area contributed by atoms with Gasteiger partial charge in [0.05, 0.1) is 11.3 Å². The Morgan fingerprint density at radius 2 is 1.92 bits per heavy atom. The molecule has 1 aromatic carbocycles. The first-order valence-electron chi connectivity index (χ1n) is 8.96. The van der Waals surface area contributed by atoms with Crippen LogP contribution in [-0.4, -0.2) is 44.8 Å². The van der Waals surface area contributed by atoms with Crippen molar-refractivity contribution >= 4 is 5.91 Å². The first kappa shape index (κ1) is 17.7. The summed E-state index contributed by atoms with van der Waals surface area (Å²) in [5, 5.41) is 17.1. The number of aromatic nitrogens is 2. The van der Waals surface area contributed by atoms with Crippen molar-refractivity contribution in [2.24, 2.45) is 5.92 Å². The highest BCUT2D eigenvalue weighted by Crippen LogP contribution is 2.27. The maximum atomic E-state index is 12.7. The molecule has 1 aliphatic heterocycles. The van der Waals surface area contributed by atoms with Crippen LogP contribution < -0.4 is 0 Å². The van der Waals surface area contributed by atoms with Gasteiger partial charge in [-0.3, -0.25) is 9.89 Å². The molecule has 3 rings (SSSR count). The third kappa shape index (κ3) is 4.48. The Balaban J connectivity index is 1.62. The molecule has 5 heteroatoms. The molecule has 5 nitrogen and oxygen atoms in total. The van der Waals surface area contributed by atoms with Crippen molar-refractivity contribution in [2.75, 3.05) is 13.1 Å². The molecule has 1 saturated heterocycles. The zero-order valence-electron chi connectivity index (χ0n) is 15.2. The van der Waals surface area contributed by atoms with Crippen LogP contribution in [0.25, 0.3) is 11.3 Å². The lowest BCUT2D eigenvalue weighted by Gasteiger charge is -2.34. The molecule has 0 bridgehead atoms. The normalized spacial score (nSPS) is 16.2. The Kier molecular flexibility index (Phi) is 4.95. The molecule has 1 aromatic heterocycles. The maximum Gasteiger partial charge on any atom is 0.271 e. The number of aryl methyl sites for hydroxylation is 1. The smallest absolute Gasteiger partial charge is 0.271 e. The van der Waals surface area contributed by atoms with E-state index in [0.29, 0.717) is 11.6 Å². The van der Waals surface area contributed by atoms with E-state index in [0.717, 1.165) is 43.6 Å². The molecular weight excluding hydrogens is 314 g/mol. The van der Waals surface area contributed by atoms with Crippen molar-refractivity contribution in [1.29, 1.82) is 0 Å². The number of aliphatic hydroxyl groups is 1. The van der Waals surface area contributed by atoms with Crippen LogP contribution in [0.1, 0.15) is 49.2 Å². The predicted octanol–water partition coefficient (Wildman–Crippen LogP) is 3.40. The van der Waals surface area contributed by atoms with Crippen LogP contribution >= 0.6 is 0 Å². The molecular formula is C20H27N3O2. The highest BCUT2D eigenvalue weighted by atomic mass is 16.3. The lowest BCUT2D eigenvalue weighted by atomic mass is 9.86. The van der Waals surface area contributed by atoms with Gasteiger partial charge in [-0.15, -0.1) is 0 Å². The van der Waals surface area contributed by atoms with Crippen LogP contribution in [0, 0.1) is 12.8 Å². The van der Waals surface area contributed by atoms with Gasteiger partial charge < -0.3 is 10.0 Å². The summed E-state index contributed by atoms with van der Waals surface area (Å²) in [5.41, 5.74) is 2.90. The van der Waals surface area contributed by atoms with Gasteiger partial charge >= 0.3 is 0 Å². The lowest BCUT2D eigenvalue weighted by Crippen LogP contribution is -2.40. The Morgan fingerprint density at radius 1 is 1.28 bits per heavy atom. The van der Waals surface area contributed by atoms with Gasteiger partial charge in [-0.05, 0) is 52.0 Å². The summed E-state index contributed by atoms with van der Waals surface area (Å²) < 4.78 is 0. The van der Waals surface area contributed by atoms with Gasteiger partial charge in [0, 0.05) is 18.7 Å². The Bertz CT molecular complexity index is 720. The van der Waals surface area contributed by atoms with Crippen LogP contribution in [0.5, 0.6) is 0 Å². The van der Waals surface area contributed by atoms with E-state index < -0.39 is 5.60 Å². The topological polar surface area (TPSA) is 69.2 Å². The first-order chi connectivity index (χ1) is 11.8. The van der Waals surface area contributed by atoms with Crippen LogP contribution in [0.4, 0.5) is 0 Å². The van der Waals surface area contributed by atoms with E-state index in [1.807, 2.05) is 56.0 Å². The molecule has 2 heterocycles. The molecule has 1 aliphatic rings. The average Bonchev–Trinajstić information content (AvgIpc) is 3.04. The molecule has 0 spiro atoms. The summed E-state index contributed by atoms with van der Waals surface area (Å²) in [6.45, 7) is 7.21. The van der Waals surface area contributed by atoms with E-state index in [9.17, 15) is 9.90 Å². The van der Waals surface area contributed by atoms with Crippen molar-refractivity contribution in [1.82, 2.24) is 15.1 Å². The van der Waals surface area contributed by atoms with Crippen molar-refractivity contribution in [3.63, 3.8) is 0 Å². The fraction of sp³-hybridized carbons (Fsp3) is 0.500. The second kappa shape index (κ2) is 7.00. The van der Waals surface area contributed by atoms with Crippen molar-refractivity contribution in [3.05, 3.63) is 41.6 Å². The molecule has 2 aromatic rings. The summed E-state index contributed by atoms with van der Waals surface area (Å²) in [4.78, 5) is 14.6. The minimum atomic E-state index is -0.636. The number of likely N-dealkylation sites (tertiary alicyclic amines) is 1. The number of nitrogens with one attached hydrogen (secondary N) is 1. The van der Waals surface area contributed by atoms with Crippen LogP contribution in [0.2, 0.25) is 0 Å². The van der Waals surface area contributed by atoms with E-state index in [1.165, 1.54) is 5.56 Å². The number of nitrogens with zero attached hydrogens (tertiary/aromatic N) is 2. The molecule has 0 atom stereocenters. The monoisotopic (exact) mass is 341 g/mol. The zero-order chi connectivity index (χ0) is 18.0. The number of piperidine rings is 1. The van der Waals surface area contributed by atoms with E-state index in [1.54, 1.807) is 0 Å². The minimum absolute atomic E-state index is 0.00701. The number of aromatic amines is 1. The number of rotatable bonds is 4. The highest BCUT2D eigenvalue weighted by Gasteiger charge is 2.28. The summed E-state index contributed by atoms with van der Waals surface area (Å²) in [6.07, 6.45) is 2.67. The van der Waals surface area contributed by atoms with E-state index >= 15 is 0 Å². The second-order valence-electron chi connectivity index (χ2n) is 7.79. The number of hydrogen-bond donors (Lipinski definition) is 2. The predicted molar refractivity (Wildman–Crippen MR) is 98.3 cm³/mol. The number of amides is 1. The quantitative estimate of drug-likeness (QED) is 0.895. The van der Waals surface area contributed by atoms with Gasteiger partial charge in [-0.1, -0.05) is 29.8 Å². The maximum absolute atomic E-state index is 12.7. The Morgan fingerprint density at radius 3 is 2.52 bits per heavy atom. The molecule has 0 radical (unpaired) electrons.